The number of rotatable bonds is 5. The van der Waals surface area contributed by atoms with Gasteiger partial charge in [0.05, 0.1) is 30.9 Å². The van der Waals surface area contributed by atoms with Crippen LogP contribution in [0.15, 0.2) is 47.5 Å². The maximum absolute atomic E-state index is 12.4. The van der Waals surface area contributed by atoms with Gasteiger partial charge in [0.15, 0.2) is 16.3 Å². The molecule has 1 aromatic heterocycles. The third kappa shape index (κ3) is 3.58. The fourth-order valence-corrected chi connectivity index (χ4v) is 3.83. The number of nitrogens with zero attached hydrogens (tertiary/aromatic N) is 2. The number of aryl methyl sites for hydroxylation is 1. The largest absolute Gasteiger partial charge is 0.493 e. The maximum atomic E-state index is 12.4. The van der Waals surface area contributed by atoms with Crippen LogP contribution in [0.4, 0.5) is 0 Å². The number of fused-ring (bicyclic) bond motifs is 1. The van der Waals surface area contributed by atoms with Crippen LogP contribution in [-0.4, -0.2) is 24.7 Å². The Morgan fingerprint density at radius 2 is 1.88 bits per heavy atom. The van der Waals surface area contributed by atoms with Crippen molar-refractivity contribution in [1.82, 2.24) is 4.57 Å². The van der Waals surface area contributed by atoms with Gasteiger partial charge in [0, 0.05) is 6.54 Å². The average Bonchev–Trinajstić information content (AvgIpc) is 2.98. The Kier molecular flexibility index (Phi) is 5.19. The number of thiazole rings is 1. The van der Waals surface area contributed by atoms with Crippen LogP contribution in [0.1, 0.15) is 12.5 Å². The number of hydrogen-bond acceptors (Lipinski definition) is 4. The summed E-state index contributed by atoms with van der Waals surface area (Å²) in [5.41, 5.74) is 1.95. The minimum Gasteiger partial charge on any atom is -0.493 e. The zero-order valence-corrected chi connectivity index (χ0v) is 15.3. The molecule has 6 heteroatoms. The smallest absolute Gasteiger partial charge is 0.252 e. The number of methoxy groups -OCH3 is 2. The van der Waals surface area contributed by atoms with E-state index in [1.807, 2.05) is 36.4 Å². The first kappa shape index (κ1) is 17.2. The molecular weight excluding hydrogens is 336 g/mol. The molecule has 0 spiro atoms. The van der Waals surface area contributed by atoms with Gasteiger partial charge in [-0.2, -0.15) is 4.99 Å². The Balaban J connectivity index is 1.91. The Morgan fingerprint density at radius 1 is 1.12 bits per heavy atom. The van der Waals surface area contributed by atoms with Gasteiger partial charge in [0.2, 0.25) is 0 Å². The number of amides is 1. The third-order valence-corrected chi connectivity index (χ3v) is 4.99. The molecule has 0 saturated heterocycles. The number of carbonyl (C=O) groups excluding carboxylic acids is 1. The summed E-state index contributed by atoms with van der Waals surface area (Å²) in [5, 5.41) is 0. The highest BCUT2D eigenvalue weighted by Gasteiger charge is 2.09. The fourth-order valence-electron chi connectivity index (χ4n) is 2.72. The molecule has 0 aliphatic rings. The molecule has 0 N–H and O–H groups in total. The van der Waals surface area contributed by atoms with Crippen molar-refractivity contribution >= 4 is 27.5 Å². The van der Waals surface area contributed by atoms with E-state index in [0.29, 0.717) is 11.5 Å². The summed E-state index contributed by atoms with van der Waals surface area (Å²) in [5.74, 6) is 1.07. The van der Waals surface area contributed by atoms with E-state index in [1.165, 1.54) is 11.3 Å². The SMILES string of the molecule is CCn1c(=NC(=O)Cc2ccc(OC)c(OC)c2)sc2ccccc21. The van der Waals surface area contributed by atoms with Gasteiger partial charge >= 0.3 is 0 Å². The van der Waals surface area contributed by atoms with E-state index in [9.17, 15) is 4.79 Å². The third-order valence-electron chi connectivity index (χ3n) is 3.93. The van der Waals surface area contributed by atoms with Gasteiger partial charge in [0.1, 0.15) is 0 Å². The van der Waals surface area contributed by atoms with E-state index in [4.69, 9.17) is 9.47 Å². The van der Waals surface area contributed by atoms with E-state index in [2.05, 4.69) is 16.5 Å². The Labute approximate surface area is 150 Å². The molecule has 3 rings (SSSR count). The minimum atomic E-state index is -0.180. The predicted molar refractivity (Wildman–Crippen MR) is 99.3 cm³/mol. The van der Waals surface area contributed by atoms with Gasteiger partial charge in [-0.15, -0.1) is 0 Å². The van der Waals surface area contributed by atoms with E-state index in [0.717, 1.165) is 27.1 Å². The van der Waals surface area contributed by atoms with Crippen LogP contribution in [0.25, 0.3) is 10.2 Å². The second kappa shape index (κ2) is 7.53. The van der Waals surface area contributed by atoms with E-state index in [-0.39, 0.29) is 12.3 Å². The highest BCUT2D eigenvalue weighted by atomic mass is 32.1. The molecule has 2 aromatic carbocycles. The summed E-state index contributed by atoms with van der Waals surface area (Å²) in [7, 11) is 3.16. The molecular formula is C19H20N2O3S. The van der Waals surface area contributed by atoms with Crippen LogP contribution in [0.2, 0.25) is 0 Å². The van der Waals surface area contributed by atoms with Gasteiger partial charge in [-0.25, -0.2) is 0 Å². The quantitative estimate of drug-likeness (QED) is 0.704. The van der Waals surface area contributed by atoms with Crippen molar-refractivity contribution in [2.45, 2.75) is 19.9 Å². The lowest BCUT2D eigenvalue weighted by Crippen LogP contribution is -2.16. The summed E-state index contributed by atoms with van der Waals surface area (Å²) in [4.78, 5) is 17.5. The van der Waals surface area contributed by atoms with Crippen LogP contribution in [0.5, 0.6) is 11.5 Å². The van der Waals surface area contributed by atoms with Gasteiger partial charge in [-0.3, -0.25) is 4.79 Å². The number of hydrogen-bond donors (Lipinski definition) is 0. The highest BCUT2D eigenvalue weighted by Crippen LogP contribution is 2.27. The monoisotopic (exact) mass is 356 g/mol. The van der Waals surface area contributed by atoms with Crippen LogP contribution in [-0.2, 0) is 17.8 Å². The molecule has 0 unspecified atom stereocenters. The van der Waals surface area contributed by atoms with Crippen molar-refractivity contribution in [3.8, 4) is 11.5 Å². The molecule has 25 heavy (non-hydrogen) atoms. The Hall–Kier alpha value is -2.60. The topological polar surface area (TPSA) is 52.8 Å². The number of benzene rings is 2. The summed E-state index contributed by atoms with van der Waals surface area (Å²) in [6.07, 6.45) is 0.221. The average molecular weight is 356 g/mol. The van der Waals surface area contributed by atoms with Crippen molar-refractivity contribution < 1.29 is 14.3 Å². The van der Waals surface area contributed by atoms with Crippen LogP contribution < -0.4 is 14.3 Å². The molecule has 3 aromatic rings. The first-order chi connectivity index (χ1) is 12.2. The first-order valence-electron chi connectivity index (χ1n) is 8.03. The zero-order chi connectivity index (χ0) is 17.8. The summed E-state index contributed by atoms with van der Waals surface area (Å²) in [6.45, 7) is 2.82. The van der Waals surface area contributed by atoms with Crippen molar-refractivity contribution in [1.29, 1.82) is 0 Å². The van der Waals surface area contributed by atoms with Crippen molar-refractivity contribution in [3.63, 3.8) is 0 Å². The molecule has 0 aliphatic heterocycles. The second-order valence-corrected chi connectivity index (χ2v) is 6.48. The van der Waals surface area contributed by atoms with Crippen molar-refractivity contribution in [2.75, 3.05) is 14.2 Å². The zero-order valence-electron chi connectivity index (χ0n) is 14.5. The molecule has 0 saturated carbocycles. The molecule has 0 aliphatic carbocycles. The fraction of sp³-hybridized carbons (Fsp3) is 0.263. The lowest BCUT2D eigenvalue weighted by Gasteiger charge is -2.08. The molecule has 0 bridgehead atoms. The maximum Gasteiger partial charge on any atom is 0.252 e. The lowest BCUT2D eigenvalue weighted by atomic mass is 10.1. The van der Waals surface area contributed by atoms with Gasteiger partial charge in [-0.1, -0.05) is 29.5 Å². The van der Waals surface area contributed by atoms with Crippen molar-refractivity contribution in [2.24, 2.45) is 4.99 Å². The molecule has 0 radical (unpaired) electrons. The van der Waals surface area contributed by atoms with E-state index in [1.54, 1.807) is 20.3 Å². The number of ether oxygens (including phenoxy) is 2. The van der Waals surface area contributed by atoms with Crippen molar-refractivity contribution in [3.05, 3.63) is 52.8 Å². The molecule has 1 amide bonds. The minimum absolute atomic E-state index is 0.180. The molecule has 1 heterocycles. The summed E-state index contributed by atoms with van der Waals surface area (Å²) >= 11 is 1.53. The highest BCUT2D eigenvalue weighted by molar-refractivity contribution is 7.16. The predicted octanol–water partition coefficient (Wildman–Crippen LogP) is 3.41. The summed E-state index contributed by atoms with van der Waals surface area (Å²) in [6, 6.07) is 13.5. The number of para-hydroxylation sites is 1. The molecule has 0 atom stereocenters. The van der Waals surface area contributed by atoms with Crippen LogP contribution >= 0.6 is 11.3 Å². The molecule has 0 fully saturated rings. The second-order valence-electron chi connectivity index (χ2n) is 5.47. The Bertz CT molecular complexity index is 972. The normalized spacial score (nSPS) is 11.7. The first-order valence-corrected chi connectivity index (χ1v) is 8.84. The lowest BCUT2D eigenvalue weighted by molar-refractivity contribution is -0.117. The summed E-state index contributed by atoms with van der Waals surface area (Å²) < 4.78 is 13.7. The van der Waals surface area contributed by atoms with Crippen LogP contribution in [0.3, 0.4) is 0 Å². The van der Waals surface area contributed by atoms with Gasteiger partial charge in [-0.05, 0) is 36.8 Å². The standard InChI is InChI=1S/C19H20N2O3S/c1-4-21-14-7-5-6-8-17(14)25-19(21)20-18(22)12-13-9-10-15(23-2)16(11-13)24-3/h5-11H,4,12H2,1-3H3. The number of carbonyl (C=O) groups is 1. The van der Waals surface area contributed by atoms with Gasteiger partial charge < -0.3 is 14.0 Å². The molecule has 5 nitrogen and oxygen atoms in total. The number of aromatic nitrogens is 1. The van der Waals surface area contributed by atoms with Crippen LogP contribution in [0, 0.1) is 0 Å². The molecule has 130 valence electrons. The van der Waals surface area contributed by atoms with E-state index >= 15 is 0 Å². The Morgan fingerprint density at radius 3 is 2.60 bits per heavy atom. The van der Waals surface area contributed by atoms with E-state index < -0.39 is 0 Å². The van der Waals surface area contributed by atoms with Gasteiger partial charge in [0.25, 0.3) is 5.91 Å².